The smallest absolute Gasteiger partial charge is 0.326 e. The lowest BCUT2D eigenvalue weighted by molar-refractivity contribution is -0.149. The van der Waals surface area contributed by atoms with Crippen molar-refractivity contribution in [3.63, 3.8) is 0 Å². The Kier molecular flexibility index (Phi) is 18.6. The highest BCUT2D eigenvalue weighted by Crippen LogP contribution is 2.33. The Morgan fingerprint density at radius 2 is 1.76 bits per heavy atom. The van der Waals surface area contributed by atoms with Gasteiger partial charge in [0.2, 0.25) is 41.4 Å². The Hall–Kier alpha value is -5.69. The summed E-state index contributed by atoms with van der Waals surface area (Å²) in [5.74, 6) is -9.01. The van der Waals surface area contributed by atoms with Crippen molar-refractivity contribution < 1.29 is 58.8 Å². The second kappa shape index (κ2) is 23.9. The summed E-state index contributed by atoms with van der Waals surface area (Å²) in [7, 11) is 0. The molecule has 0 radical (unpaired) electrons. The number of para-hydroxylation sites is 1. The second-order valence-corrected chi connectivity index (χ2v) is 18.4. The number of rotatable bonds is 15. The first-order chi connectivity index (χ1) is 31.9. The quantitative estimate of drug-likeness (QED) is 0.0835. The van der Waals surface area contributed by atoms with Gasteiger partial charge < -0.3 is 67.5 Å². The molecule has 2 fully saturated rings. The Morgan fingerprint density at radius 3 is 2.43 bits per heavy atom. The van der Waals surface area contributed by atoms with E-state index in [9.17, 15) is 63.7 Å². The van der Waals surface area contributed by atoms with Crippen LogP contribution < -0.4 is 32.3 Å². The topological polar surface area (TPSA) is 355 Å². The minimum atomic E-state index is -1.51. The summed E-state index contributed by atoms with van der Waals surface area (Å²) < 4.78 is 0. The number of thioether (sulfide) groups is 1. The van der Waals surface area contributed by atoms with Crippen molar-refractivity contribution in [2.45, 2.75) is 113 Å². The number of fused-ring (bicyclic) bond motifs is 4. The fraction of sp³-hybridized carbons (Fsp3) is 0.628. The Balaban J connectivity index is 1.56. The third kappa shape index (κ3) is 12.7. The van der Waals surface area contributed by atoms with E-state index < -0.39 is 140 Å². The van der Waals surface area contributed by atoms with Gasteiger partial charge in [0.15, 0.2) is 0 Å². The van der Waals surface area contributed by atoms with Crippen LogP contribution in [0.25, 0.3) is 10.9 Å². The minimum absolute atomic E-state index is 0.136. The van der Waals surface area contributed by atoms with E-state index in [4.69, 9.17) is 5.73 Å². The highest BCUT2D eigenvalue weighted by atomic mass is 32.2. The number of nitrogens with one attached hydrogen (secondary N) is 6. The number of aliphatic hydroxyl groups excluding tert-OH is 3. The largest absolute Gasteiger partial charge is 0.480 e. The molecule has 2 saturated heterocycles. The lowest BCUT2D eigenvalue weighted by Crippen LogP contribution is -2.60. The average Bonchev–Trinajstić information content (AvgIpc) is 4.06. The predicted molar refractivity (Wildman–Crippen MR) is 241 cm³/mol. The van der Waals surface area contributed by atoms with Crippen molar-refractivity contribution in [3.05, 3.63) is 34.7 Å². The van der Waals surface area contributed by atoms with E-state index in [1.807, 2.05) is 0 Å². The van der Waals surface area contributed by atoms with Crippen LogP contribution in [0.15, 0.2) is 34.5 Å². The average molecular weight is 959 g/mol. The van der Waals surface area contributed by atoms with Crippen molar-refractivity contribution in [3.8, 4) is 0 Å². The van der Waals surface area contributed by atoms with Gasteiger partial charge in [-0.05, 0) is 42.7 Å². The number of carbonyl (C=O) groups is 8. The fourth-order valence-electron chi connectivity index (χ4n) is 8.63. The Morgan fingerprint density at radius 1 is 1.04 bits per heavy atom. The zero-order valence-electron chi connectivity index (χ0n) is 37.6. The molecule has 24 heteroatoms. The van der Waals surface area contributed by atoms with Crippen molar-refractivity contribution in [2.75, 3.05) is 45.1 Å². The molecule has 67 heavy (non-hydrogen) atoms. The van der Waals surface area contributed by atoms with Gasteiger partial charge in [-0.3, -0.25) is 33.6 Å². The van der Waals surface area contributed by atoms with Crippen LogP contribution in [0.3, 0.4) is 0 Å². The third-order valence-electron chi connectivity index (χ3n) is 13.0. The number of aliphatic carboxylic acids is 1. The van der Waals surface area contributed by atoms with Crippen molar-refractivity contribution in [1.29, 1.82) is 0 Å². The first kappa shape index (κ1) is 52.3. The van der Waals surface area contributed by atoms with Gasteiger partial charge in [-0.25, -0.2) is 4.79 Å². The molecule has 0 saturated carbocycles. The number of hydrogen-bond donors (Lipinski definition) is 11. The number of β-amino-alcohol motifs (C(OH)–C–C–N with tert-alkyl or cyclic N) is 1. The molecule has 0 bridgehead atoms. The summed E-state index contributed by atoms with van der Waals surface area (Å²) in [5, 5.41) is 56.7. The van der Waals surface area contributed by atoms with E-state index in [0.29, 0.717) is 34.3 Å². The van der Waals surface area contributed by atoms with E-state index in [0.717, 1.165) is 16.7 Å². The van der Waals surface area contributed by atoms with E-state index in [2.05, 4.69) is 36.7 Å². The summed E-state index contributed by atoms with van der Waals surface area (Å²) in [5.41, 5.74) is 7.47. The maximum absolute atomic E-state index is 14.8. The van der Waals surface area contributed by atoms with Crippen LogP contribution >= 0.6 is 11.8 Å². The summed E-state index contributed by atoms with van der Waals surface area (Å²) in [6.07, 6.45) is -0.876. The third-order valence-corrected chi connectivity index (χ3v) is 14.1. The Labute approximate surface area is 390 Å². The van der Waals surface area contributed by atoms with Crippen molar-refractivity contribution in [1.82, 2.24) is 41.4 Å². The van der Waals surface area contributed by atoms with E-state index >= 15 is 0 Å². The van der Waals surface area contributed by atoms with Crippen molar-refractivity contribution in [2.24, 2.45) is 28.7 Å². The second-order valence-electron chi connectivity index (χ2n) is 17.4. The van der Waals surface area contributed by atoms with Crippen LogP contribution in [-0.4, -0.2) is 176 Å². The SMILES string of the molecule is CC[C@H](C)[C@@H]1NC(=O)[C@@H]2CCCN2C(=O)[C@@H](NC(=O)[C@@H](N)[C@@H](C)C(CO)CO)Cc2c([nH]c3ccccc23)SC[C@@H](C(=O)N[C@@H](CCN=O)C(=O)N2C[C@H](O)C[C@H]2C(=O)O)NC(=O)CNC1=O. The fourth-order valence-corrected chi connectivity index (χ4v) is 9.74. The summed E-state index contributed by atoms with van der Waals surface area (Å²) in [6, 6.07) is -2.22. The predicted octanol–water partition coefficient (Wildman–Crippen LogP) is -2.32. The van der Waals surface area contributed by atoms with Crippen LogP contribution in [0.1, 0.15) is 58.4 Å². The van der Waals surface area contributed by atoms with Crippen LogP contribution in [-0.2, 0) is 44.8 Å². The standard InChI is InChI=1S/C43H62N10O13S/c1-4-21(2)35-39(61)45-16-33(57)47-30(36(58)48-28(11-12-46-66)41(62)53-17-24(56)14-32(53)43(64)65)20-67-40-26(25-8-5-6-9-27(25)50-40)15-29(42(63)52-13-7-10-31(52)37(59)51-35)49-38(60)34(44)22(3)23(18-54)19-55/h5-6,8-9,21-24,28-32,34-35,50,54-56H,4,7,10-20,44H2,1-3H3,(H,45,61)(H,47,57)(H,48,58)(H,49,60)(H,51,59)(H,64,65)/t21-,22-,24+,28-,29-,30-,31-,32-,34-,35-/m0/s1. The molecule has 1 aromatic heterocycles. The maximum Gasteiger partial charge on any atom is 0.326 e. The van der Waals surface area contributed by atoms with E-state index in [-0.39, 0.29) is 44.5 Å². The van der Waals surface area contributed by atoms with Gasteiger partial charge in [-0.1, -0.05) is 50.6 Å². The van der Waals surface area contributed by atoms with Gasteiger partial charge in [0.25, 0.3) is 0 Å². The first-order valence-corrected chi connectivity index (χ1v) is 23.4. The lowest BCUT2D eigenvalue weighted by atomic mass is 9.88. The van der Waals surface area contributed by atoms with Gasteiger partial charge in [-0.15, -0.1) is 11.8 Å². The summed E-state index contributed by atoms with van der Waals surface area (Å²) >= 11 is 1.03. The maximum atomic E-state index is 14.8. The first-order valence-electron chi connectivity index (χ1n) is 22.4. The molecule has 2 aromatic rings. The number of carboxylic acid groups (broad SMARTS) is 1. The molecule has 0 unspecified atom stereocenters. The number of amides is 7. The highest BCUT2D eigenvalue weighted by molar-refractivity contribution is 7.99. The van der Waals surface area contributed by atoms with Gasteiger partial charge >= 0.3 is 5.97 Å². The summed E-state index contributed by atoms with van der Waals surface area (Å²) in [4.78, 5) is 127. The normalized spacial score (nSPS) is 25.1. The van der Waals surface area contributed by atoms with Crippen LogP contribution in [0.5, 0.6) is 0 Å². The number of nitrogens with two attached hydrogens (primary N) is 1. The lowest BCUT2D eigenvalue weighted by Gasteiger charge is -2.32. The van der Waals surface area contributed by atoms with Crippen LogP contribution in [0.2, 0.25) is 0 Å². The highest BCUT2D eigenvalue weighted by Gasteiger charge is 2.43. The molecule has 0 spiro atoms. The number of carboxylic acids is 1. The molecule has 3 aliphatic rings. The van der Waals surface area contributed by atoms with E-state index in [1.54, 1.807) is 45.0 Å². The molecule has 368 valence electrons. The zero-order chi connectivity index (χ0) is 49.1. The molecular weight excluding hydrogens is 897 g/mol. The molecule has 4 heterocycles. The number of benzene rings is 1. The monoisotopic (exact) mass is 958 g/mol. The number of hydrogen-bond acceptors (Lipinski definition) is 15. The number of H-pyrrole nitrogens is 1. The minimum Gasteiger partial charge on any atom is -0.480 e. The zero-order valence-corrected chi connectivity index (χ0v) is 38.5. The van der Waals surface area contributed by atoms with Gasteiger partial charge in [-0.2, -0.15) is 4.91 Å². The number of aliphatic hydroxyl groups is 3. The van der Waals surface area contributed by atoms with Crippen molar-refractivity contribution >= 4 is 70.0 Å². The van der Waals surface area contributed by atoms with Crippen LogP contribution in [0, 0.1) is 22.7 Å². The molecule has 3 aliphatic heterocycles. The molecule has 12 N–H and O–H groups in total. The van der Waals surface area contributed by atoms with Gasteiger partial charge in [0, 0.05) is 61.7 Å². The molecular formula is C43H62N10O13S. The summed E-state index contributed by atoms with van der Waals surface area (Å²) in [6.45, 7) is 2.85. The number of carbonyl (C=O) groups excluding carboxylic acids is 7. The number of likely N-dealkylation sites (tertiary alicyclic amines) is 1. The molecule has 5 rings (SSSR count). The molecule has 1 aromatic carbocycles. The molecule has 10 atom stereocenters. The van der Waals surface area contributed by atoms with Gasteiger partial charge in [0.05, 0.1) is 30.3 Å². The molecule has 0 aliphatic carbocycles. The Bertz CT molecular complexity index is 2160. The number of aromatic amines is 1. The molecule has 23 nitrogen and oxygen atoms in total. The number of nitrogens with zero attached hydrogens (tertiary/aromatic N) is 3. The molecule has 7 amide bonds. The van der Waals surface area contributed by atoms with E-state index in [1.165, 1.54) is 4.90 Å². The van der Waals surface area contributed by atoms with Gasteiger partial charge in [0.1, 0.15) is 36.3 Å². The number of nitroso groups, excluding NO2 is 1. The van der Waals surface area contributed by atoms with Crippen LogP contribution in [0.4, 0.5) is 0 Å². The number of aromatic nitrogens is 1.